The fraction of sp³-hybridized carbons (Fsp3) is 0.238. The Kier molecular flexibility index (Phi) is 4.99. The van der Waals surface area contributed by atoms with Crippen molar-refractivity contribution in [2.45, 2.75) is 19.3 Å². The minimum absolute atomic E-state index is 0.0938. The van der Waals surface area contributed by atoms with Crippen molar-refractivity contribution in [2.24, 2.45) is 13.0 Å². The number of carbonyl (C=O) groups is 2. The van der Waals surface area contributed by atoms with Crippen molar-refractivity contribution in [1.29, 1.82) is 0 Å². The Bertz CT molecular complexity index is 1100. The van der Waals surface area contributed by atoms with Gasteiger partial charge in [0.05, 0.1) is 12.0 Å². The smallest absolute Gasteiger partial charge is 0.291 e. The van der Waals surface area contributed by atoms with E-state index in [1.807, 2.05) is 0 Å². The van der Waals surface area contributed by atoms with Crippen molar-refractivity contribution in [3.05, 3.63) is 76.1 Å². The average Bonchev–Trinajstić information content (AvgIpc) is 3.25. The molecule has 2 aromatic heterocycles. The number of amides is 2. The summed E-state index contributed by atoms with van der Waals surface area (Å²) >= 11 is 0. The summed E-state index contributed by atoms with van der Waals surface area (Å²) in [6, 6.07) is 11.7. The SMILES string of the molecule is Cn1nc2c(cc1=O)CC(C(=O)Nc1ccc(NC(=O)c3ccco3)cc1)CC2. The summed E-state index contributed by atoms with van der Waals surface area (Å²) in [7, 11) is 1.63. The molecule has 1 atom stereocenters. The van der Waals surface area contributed by atoms with Gasteiger partial charge in [0.2, 0.25) is 5.91 Å². The molecule has 8 heteroatoms. The zero-order valence-corrected chi connectivity index (χ0v) is 15.8. The molecule has 0 radical (unpaired) electrons. The van der Waals surface area contributed by atoms with Crippen molar-refractivity contribution >= 4 is 23.2 Å². The zero-order valence-electron chi connectivity index (χ0n) is 15.8. The Morgan fingerprint density at radius 1 is 1.14 bits per heavy atom. The Labute approximate surface area is 166 Å². The first kappa shape index (κ1) is 18.7. The number of aromatic nitrogens is 2. The highest BCUT2D eigenvalue weighted by molar-refractivity contribution is 6.02. The number of hydrogen-bond acceptors (Lipinski definition) is 5. The van der Waals surface area contributed by atoms with E-state index in [1.165, 1.54) is 10.9 Å². The summed E-state index contributed by atoms with van der Waals surface area (Å²) in [5.74, 6) is -0.421. The highest BCUT2D eigenvalue weighted by Crippen LogP contribution is 2.24. The molecule has 1 unspecified atom stereocenters. The second kappa shape index (κ2) is 7.75. The standard InChI is InChI=1S/C21H20N4O4/c1-25-19(26)12-14-11-13(4-9-17(14)24-25)20(27)22-15-5-7-16(8-6-15)23-21(28)18-3-2-10-29-18/h2-3,5-8,10,12-13H,4,9,11H2,1H3,(H,22,27)(H,23,28). The molecule has 1 aromatic carbocycles. The Morgan fingerprint density at radius 3 is 2.55 bits per heavy atom. The summed E-state index contributed by atoms with van der Waals surface area (Å²) in [6.45, 7) is 0. The number of hydrogen-bond donors (Lipinski definition) is 2. The van der Waals surface area contributed by atoms with Gasteiger partial charge in [-0.1, -0.05) is 0 Å². The van der Waals surface area contributed by atoms with Gasteiger partial charge in [-0.2, -0.15) is 5.10 Å². The highest BCUT2D eigenvalue weighted by Gasteiger charge is 2.26. The predicted molar refractivity (Wildman–Crippen MR) is 107 cm³/mol. The average molecular weight is 392 g/mol. The van der Waals surface area contributed by atoms with E-state index in [-0.39, 0.29) is 29.1 Å². The third-order valence-corrected chi connectivity index (χ3v) is 4.98. The van der Waals surface area contributed by atoms with E-state index < -0.39 is 0 Å². The van der Waals surface area contributed by atoms with Crippen LogP contribution in [0.25, 0.3) is 0 Å². The highest BCUT2D eigenvalue weighted by atomic mass is 16.3. The van der Waals surface area contributed by atoms with Crippen LogP contribution in [0.15, 0.2) is 57.9 Å². The monoisotopic (exact) mass is 392 g/mol. The van der Waals surface area contributed by atoms with Crippen LogP contribution in [-0.2, 0) is 24.7 Å². The Morgan fingerprint density at radius 2 is 1.86 bits per heavy atom. The minimum Gasteiger partial charge on any atom is -0.459 e. The fourth-order valence-corrected chi connectivity index (χ4v) is 3.39. The van der Waals surface area contributed by atoms with E-state index in [2.05, 4.69) is 15.7 Å². The maximum Gasteiger partial charge on any atom is 0.291 e. The van der Waals surface area contributed by atoms with Crippen LogP contribution in [0, 0.1) is 5.92 Å². The molecule has 29 heavy (non-hydrogen) atoms. The van der Waals surface area contributed by atoms with E-state index in [4.69, 9.17) is 4.42 Å². The van der Waals surface area contributed by atoms with Crippen LogP contribution in [0.2, 0.25) is 0 Å². The number of benzene rings is 1. The van der Waals surface area contributed by atoms with Crippen molar-refractivity contribution < 1.29 is 14.0 Å². The fourth-order valence-electron chi connectivity index (χ4n) is 3.39. The quantitative estimate of drug-likeness (QED) is 0.709. The number of aryl methyl sites for hydroxylation is 2. The molecule has 0 saturated carbocycles. The second-order valence-corrected chi connectivity index (χ2v) is 7.02. The first-order chi connectivity index (χ1) is 14.0. The van der Waals surface area contributed by atoms with Crippen LogP contribution in [0.3, 0.4) is 0 Å². The van der Waals surface area contributed by atoms with Crippen LogP contribution in [0.5, 0.6) is 0 Å². The zero-order chi connectivity index (χ0) is 20.4. The molecule has 0 fully saturated rings. The van der Waals surface area contributed by atoms with E-state index in [9.17, 15) is 14.4 Å². The van der Waals surface area contributed by atoms with E-state index in [0.717, 1.165) is 11.3 Å². The first-order valence-corrected chi connectivity index (χ1v) is 9.31. The van der Waals surface area contributed by atoms with Gasteiger partial charge in [-0.05, 0) is 61.2 Å². The third kappa shape index (κ3) is 4.11. The van der Waals surface area contributed by atoms with Crippen LogP contribution in [0.4, 0.5) is 11.4 Å². The van der Waals surface area contributed by atoms with Gasteiger partial charge in [0.15, 0.2) is 5.76 Å². The lowest BCUT2D eigenvalue weighted by molar-refractivity contribution is -0.120. The molecule has 1 aliphatic carbocycles. The number of rotatable bonds is 4. The lowest BCUT2D eigenvalue weighted by Crippen LogP contribution is -2.31. The van der Waals surface area contributed by atoms with Crippen LogP contribution >= 0.6 is 0 Å². The van der Waals surface area contributed by atoms with Gasteiger partial charge in [0.25, 0.3) is 11.5 Å². The van der Waals surface area contributed by atoms with Crippen LogP contribution < -0.4 is 16.2 Å². The van der Waals surface area contributed by atoms with Gasteiger partial charge in [0, 0.05) is 30.4 Å². The molecule has 4 rings (SSSR count). The normalized spacial score (nSPS) is 15.4. The molecule has 2 amide bonds. The van der Waals surface area contributed by atoms with Crippen molar-refractivity contribution in [2.75, 3.05) is 10.6 Å². The summed E-state index contributed by atoms with van der Waals surface area (Å²) in [5.41, 5.74) is 2.79. The topological polar surface area (TPSA) is 106 Å². The minimum atomic E-state index is -0.340. The molecule has 0 bridgehead atoms. The maximum atomic E-state index is 12.7. The molecular weight excluding hydrogens is 372 g/mol. The number of fused-ring (bicyclic) bond motifs is 1. The molecule has 0 spiro atoms. The van der Waals surface area contributed by atoms with Gasteiger partial charge < -0.3 is 15.1 Å². The molecule has 1 aliphatic rings. The number of furan rings is 1. The van der Waals surface area contributed by atoms with Gasteiger partial charge >= 0.3 is 0 Å². The van der Waals surface area contributed by atoms with Gasteiger partial charge in [-0.3, -0.25) is 14.4 Å². The van der Waals surface area contributed by atoms with E-state index >= 15 is 0 Å². The number of nitrogens with zero attached hydrogens (tertiary/aromatic N) is 2. The van der Waals surface area contributed by atoms with Crippen LogP contribution in [-0.4, -0.2) is 21.6 Å². The Balaban J connectivity index is 1.38. The number of carbonyl (C=O) groups excluding carboxylic acids is 2. The first-order valence-electron chi connectivity index (χ1n) is 9.31. The maximum absolute atomic E-state index is 12.7. The number of nitrogens with one attached hydrogen (secondary N) is 2. The van der Waals surface area contributed by atoms with Gasteiger partial charge in [0.1, 0.15) is 0 Å². The van der Waals surface area contributed by atoms with Crippen molar-refractivity contribution in [3.63, 3.8) is 0 Å². The second-order valence-electron chi connectivity index (χ2n) is 7.02. The molecular formula is C21H20N4O4. The predicted octanol–water partition coefficient (Wildman–Crippen LogP) is 2.37. The van der Waals surface area contributed by atoms with Crippen LogP contribution in [0.1, 0.15) is 28.2 Å². The summed E-state index contributed by atoms with van der Waals surface area (Å²) in [5, 5.41) is 9.90. The third-order valence-electron chi connectivity index (χ3n) is 4.98. The molecule has 3 aromatic rings. The lowest BCUT2D eigenvalue weighted by Gasteiger charge is -2.23. The Hall–Kier alpha value is -3.68. The molecule has 2 N–H and O–H groups in total. The molecule has 0 saturated heterocycles. The molecule has 0 aliphatic heterocycles. The molecule has 2 heterocycles. The summed E-state index contributed by atoms with van der Waals surface area (Å²) < 4.78 is 6.38. The van der Waals surface area contributed by atoms with Crippen molar-refractivity contribution in [3.8, 4) is 0 Å². The summed E-state index contributed by atoms with van der Waals surface area (Å²) in [4.78, 5) is 36.4. The summed E-state index contributed by atoms with van der Waals surface area (Å²) in [6.07, 6.45) is 3.29. The van der Waals surface area contributed by atoms with Crippen molar-refractivity contribution in [1.82, 2.24) is 9.78 Å². The lowest BCUT2D eigenvalue weighted by atomic mass is 9.86. The molecule has 8 nitrogen and oxygen atoms in total. The number of anilines is 2. The van der Waals surface area contributed by atoms with Gasteiger partial charge in [-0.15, -0.1) is 0 Å². The molecule has 148 valence electrons. The van der Waals surface area contributed by atoms with E-state index in [0.29, 0.717) is 30.6 Å². The largest absolute Gasteiger partial charge is 0.459 e. The van der Waals surface area contributed by atoms with Gasteiger partial charge in [-0.25, -0.2) is 4.68 Å². The van der Waals surface area contributed by atoms with E-state index in [1.54, 1.807) is 49.5 Å².